The van der Waals surface area contributed by atoms with Crippen LogP contribution in [0.1, 0.15) is 20.3 Å². The zero-order chi connectivity index (χ0) is 15.9. The smallest absolute Gasteiger partial charge is 0.224 e. The molecule has 3 rings (SSSR count). The number of rotatable bonds is 5. The fraction of sp³-hybridized carbons (Fsp3) is 0.500. The molecule has 1 aliphatic rings. The van der Waals surface area contributed by atoms with E-state index in [4.69, 9.17) is 5.73 Å². The summed E-state index contributed by atoms with van der Waals surface area (Å²) in [7, 11) is 0. The van der Waals surface area contributed by atoms with E-state index in [1.54, 1.807) is 10.9 Å². The van der Waals surface area contributed by atoms with Gasteiger partial charge in [-0.15, -0.1) is 0 Å². The van der Waals surface area contributed by atoms with Gasteiger partial charge < -0.3 is 21.3 Å². The first-order valence-corrected chi connectivity index (χ1v) is 7.18. The second-order valence-corrected chi connectivity index (χ2v) is 5.98. The fourth-order valence-electron chi connectivity index (χ4n) is 2.44. The van der Waals surface area contributed by atoms with E-state index in [0.29, 0.717) is 23.4 Å². The molecular weight excluding hydrogens is 284 g/mol. The van der Waals surface area contributed by atoms with E-state index < -0.39 is 5.41 Å². The summed E-state index contributed by atoms with van der Waals surface area (Å²) in [6.45, 7) is 3.87. The highest BCUT2D eigenvalue weighted by Gasteiger charge is 2.48. The Morgan fingerprint density at radius 1 is 1.41 bits per heavy atom. The zero-order valence-electron chi connectivity index (χ0n) is 12.6. The molecule has 0 amide bonds. The molecular formula is C14H20N6O2. The number of nitrogens with two attached hydrogens (primary N) is 1. The van der Waals surface area contributed by atoms with Crippen LogP contribution < -0.4 is 11.1 Å². The SMILES string of the molecule is CC(C)Nc1nc(N)nc2c1ncn2/C=C1/CC1(CO)CO. The van der Waals surface area contributed by atoms with Gasteiger partial charge >= 0.3 is 0 Å². The van der Waals surface area contributed by atoms with E-state index in [9.17, 15) is 10.2 Å². The molecule has 8 heteroatoms. The number of aromatic nitrogens is 4. The molecule has 0 aromatic carbocycles. The third kappa shape index (κ3) is 2.40. The summed E-state index contributed by atoms with van der Waals surface area (Å²) in [6.07, 6.45) is 4.14. The first kappa shape index (κ1) is 14.7. The van der Waals surface area contributed by atoms with Gasteiger partial charge in [0.1, 0.15) is 6.33 Å². The van der Waals surface area contributed by atoms with Gasteiger partial charge in [0, 0.05) is 17.7 Å². The van der Waals surface area contributed by atoms with Crippen molar-refractivity contribution in [1.29, 1.82) is 0 Å². The molecule has 22 heavy (non-hydrogen) atoms. The van der Waals surface area contributed by atoms with Gasteiger partial charge in [-0.2, -0.15) is 9.97 Å². The van der Waals surface area contributed by atoms with Gasteiger partial charge in [0.25, 0.3) is 0 Å². The van der Waals surface area contributed by atoms with Crippen molar-refractivity contribution in [2.45, 2.75) is 26.3 Å². The molecule has 0 atom stereocenters. The van der Waals surface area contributed by atoms with Crippen molar-refractivity contribution in [2.75, 3.05) is 24.3 Å². The Bertz CT molecular complexity index is 732. The Labute approximate surface area is 127 Å². The normalized spacial score (nSPS) is 18.3. The Morgan fingerprint density at radius 3 is 2.73 bits per heavy atom. The van der Waals surface area contributed by atoms with Crippen molar-refractivity contribution in [3.05, 3.63) is 11.9 Å². The van der Waals surface area contributed by atoms with Gasteiger partial charge in [0.15, 0.2) is 17.0 Å². The van der Waals surface area contributed by atoms with Gasteiger partial charge in [0.2, 0.25) is 5.95 Å². The van der Waals surface area contributed by atoms with Gasteiger partial charge in [-0.1, -0.05) is 0 Å². The summed E-state index contributed by atoms with van der Waals surface area (Å²) >= 11 is 0. The highest BCUT2D eigenvalue weighted by Crippen LogP contribution is 2.51. The first-order valence-electron chi connectivity index (χ1n) is 7.18. The summed E-state index contributed by atoms with van der Waals surface area (Å²) in [4.78, 5) is 12.8. The Balaban J connectivity index is 2.03. The van der Waals surface area contributed by atoms with E-state index in [1.165, 1.54) is 0 Å². The maximum Gasteiger partial charge on any atom is 0.224 e. The number of aliphatic hydroxyl groups is 2. The molecule has 0 radical (unpaired) electrons. The van der Waals surface area contributed by atoms with Gasteiger partial charge in [0.05, 0.1) is 13.2 Å². The molecule has 118 valence electrons. The highest BCUT2D eigenvalue weighted by atomic mass is 16.3. The molecule has 0 unspecified atom stereocenters. The highest BCUT2D eigenvalue weighted by molar-refractivity contribution is 5.85. The van der Waals surface area contributed by atoms with Crippen LogP contribution in [-0.2, 0) is 0 Å². The van der Waals surface area contributed by atoms with Crippen molar-refractivity contribution in [3.63, 3.8) is 0 Å². The quantitative estimate of drug-likeness (QED) is 0.632. The number of anilines is 2. The van der Waals surface area contributed by atoms with Crippen LogP contribution in [0.25, 0.3) is 17.4 Å². The third-order valence-electron chi connectivity index (χ3n) is 3.85. The number of fused-ring (bicyclic) bond motifs is 1. The van der Waals surface area contributed by atoms with Crippen molar-refractivity contribution in [3.8, 4) is 0 Å². The summed E-state index contributed by atoms with van der Waals surface area (Å²) in [5.41, 5.74) is 7.47. The minimum Gasteiger partial charge on any atom is -0.395 e. The second-order valence-electron chi connectivity index (χ2n) is 5.98. The molecule has 0 spiro atoms. The van der Waals surface area contributed by atoms with Crippen molar-refractivity contribution in [2.24, 2.45) is 5.41 Å². The van der Waals surface area contributed by atoms with Gasteiger partial charge in [-0.25, -0.2) is 4.98 Å². The van der Waals surface area contributed by atoms with Crippen LogP contribution in [0.5, 0.6) is 0 Å². The predicted octanol–water partition coefficient (Wildman–Crippen LogP) is 0.444. The second kappa shape index (κ2) is 5.22. The summed E-state index contributed by atoms with van der Waals surface area (Å²) < 4.78 is 1.75. The Hall–Kier alpha value is -2.19. The summed E-state index contributed by atoms with van der Waals surface area (Å²) in [5.74, 6) is 0.767. The maximum atomic E-state index is 9.37. The summed E-state index contributed by atoms with van der Waals surface area (Å²) in [6, 6.07) is 0.195. The van der Waals surface area contributed by atoms with Crippen LogP contribution in [0.4, 0.5) is 11.8 Å². The van der Waals surface area contributed by atoms with Crippen LogP contribution in [0, 0.1) is 5.41 Å². The van der Waals surface area contributed by atoms with E-state index in [-0.39, 0.29) is 25.2 Å². The molecule has 2 aromatic heterocycles. The Kier molecular flexibility index (Phi) is 3.50. The van der Waals surface area contributed by atoms with Gasteiger partial charge in [-0.3, -0.25) is 4.57 Å². The van der Waals surface area contributed by atoms with Crippen LogP contribution in [0.3, 0.4) is 0 Å². The number of nitrogens with one attached hydrogen (secondary N) is 1. The number of imidazole rings is 1. The molecule has 1 saturated carbocycles. The maximum absolute atomic E-state index is 9.37. The largest absolute Gasteiger partial charge is 0.395 e. The summed E-state index contributed by atoms with van der Waals surface area (Å²) in [5, 5.41) is 22.0. The monoisotopic (exact) mass is 304 g/mol. The topological polar surface area (TPSA) is 122 Å². The zero-order valence-corrected chi connectivity index (χ0v) is 12.6. The van der Waals surface area contributed by atoms with Crippen molar-refractivity contribution < 1.29 is 10.2 Å². The fourth-order valence-corrected chi connectivity index (χ4v) is 2.44. The Morgan fingerprint density at radius 2 is 2.14 bits per heavy atom. The molecule has 1 aliphatic carbocycles. The molecule has 0 aliphatic heterocycles. The molecule has 2 heterocycles. The average molecular weight is 304 g/mol. The molecule has 5 N–H and O–H groups in total. The van der Waals surface area contributed by atoms with E-state index >= 15 is 0 Å². The third-order valence-corrected chi connectivity index (χ3v) is 3.85. The molecule has 0 bridgehead atoms. The number of aliphatic hydroxyl groups excluding tert-OH is 2. The van der Waals surface area contributed by atoms with Crippen LogP contribution in [0.2, 0.25) is 0 Å². The lowest BCUT2D eigenvalue weighted by Gasteiger charge is -2.09. The van der Waals surface area contributed by atoms with E-state index in [2.05, 4.69) is 20.3 Å². The average Bonchev–Trinajstić information content (AvgIpc) is 3.02. The number of nitrogen functional groups attached to an aromatic ring is 1. The van der Waals surface area contributed by atoms with Crippen molar-refractivity contribution in [1.82, 2.24) is 19.5 Å². The van der Waals surface area contributed by atoms with Gasteiger partial charge in [-0.05, 0) is 25.8 Å². The molecule has 8 nitrogen and oxygen atoms in total. The number of hydrogen-bond acceptors (Lipinski definition) is 7. The minimum absolute atomic E-state index is 0.0702. The van der Waals surface area contributed by atoms with E-state index in [0.717, 1.165) is 5.57 Å². The number of hydrogen-bond donors (Lipinski definition) is 4. The van der Waals surface area contributed by atoms with E-state index in [1.807, 2.05) is 20.0 Å². The predicted molar refractivity (Wildman–Crippen MR) is 84.0 cm³/mol. The minimum atomic E-state index is -0.506. The van der Waals surface area contributed by atoms with Crippen LogP contribution in [0.15, 0.2) is 11.9 Å². The lowest BCUT2D eigenvalue weighted by Crippen LogP contribution is -2.13. The molecule has 0 saturated heterocycles. The first-order chi connectivity index (χ1) is 10.5. The van der Waals surface area contributed by atoms with Crippen LogP contribution in [-0.4, -0.2) is 49.0 Å². The number of nitrogens with zero attached hydrogens (tertiary/aromatic N) is 4. The molecule has 1 fully saturated rings. The lowest BCUT2D eigenvalue weighted by molar-refractivity contribution is 0.143. The van der Waals surface area contributed by atoms with Crippen LogP contribution >= 0.6 is 0 Å². The lowest BCUT2D eigenvalue weighted by atomic mass is 10.1. The van der Waals surface area contributed by atoms with Crippen molar-refractivity contribution >= 4 is 29.1 Å². The standard InChI is InChI=1S/C14H20N6O2/c1-8(2)17-11-10-12(19-13(15)18-11)20(7-16-10)4-9-3-14(9,5-21)6-22/h4,7-8,21-22H,3,5-6H2,1-2H3,(H3,15,17,18,19)/b9-4-. The molecule has 2 aromatic rings.